The van der Waals surface area contributed by atoms with Crippen molar-refractivity contribution < 1.29 is 13.9 Å². The molecule has 3 aromatic carbocycles. The van der Waals surface area contributed by atoms with Gasteiger partial charge in [-0.1, -0.05) is 41.6 Å². The molecule has 0 atom stereocenters. The second kappa shape index (κ2) is 10.1. The number of aromatic nitrogens is 4. The Morgan fingerprint density at radius 2 is 1.66 bits per heavy atom. The van der Waals surface area contributed by atoms with E-state index >= 15 is 0 Å². The predicted octanol–water partition coefficient (Wildman–Crippen LogP) is 6.21. The van der Waals surface area contributed by atoms with E-state index in [2.05, 4.69) is 46.4 Å². The third kappa shape index (κ3) is 4.79. The summed E-state index contributed by atoms with van der Waals surface area (Å²) in [6, 6.07) is 23.7. The molecular weight excluding hydrogens is 460 g/mol. The van der Waals surface area contributed by atoms with Crippen molar-refractivity contribution in [2.24, 2.45) is 0 Å². The Kier molecular flexibility index (Phi) is 6.54. The molecule has 0 spiro atoms. The van der Waals surface area contributed by atoms with E-state index in [1.54, 1.807) is 32.2 Å². The second-order valence-corrected chi connectivity index (χ2v) is 8.78. The smallest absolute Gasteiger partial charge is 0.226 e. The van der Waals surface area contributed by atoms with Gasteiger partial charge in [-0.2, -0.15) is 0 Å². The average molecular weight is 485 g/mol. The summed E-state index contributed by atoms with van der Waals surface area (Å²) >= 11 is 1.55. The largest absolute Gasteiger partial charge is 0.497 e. The number of rotatable bonds is 8. The Balaban J connectivity index is 1.45. The number of nitrogens with zero attached hydrogens (tertiary/aromatic N) is 4. The molecule has 0 saturated carbocycles. The molecule has 0 amide bonds. The number of para-hydroxylation sites is 1. The van der Waals surface area contributed by atoms with Gasteiger partial charge in [0.2, 0.25) is 5.89 Å². The van der Waals surface area contributed by atoms with Gasteiger partial charge in [-0.25, -0.2) is 4.98 Å². The molecule has 0 radical (unpaired) electrons. The van der Waals surface area contributed by atoms with Gasteiger partial charge in [0.05, 0.1) is 25.5 Å². The SMILES string of the molecule is COc1ccc(-c2nc(CSc3nnc(-c4ccccc4OC)n3-c3ccc(C)cc3)co2)cc1. The fourth-order valence-electron chi connectivity index (χ4n) is 3.67. The average Bonchev–Trinajstić information content (AvgIpc) is 3.55. The van der Waals surface area contributed by atoms with Crippen LogP contribution in [-0.2, 0) is 5.75 Å². The van der Waals surface area contributed by atoms with Crippen molar-refractivity contribution >= 4 is 11.8 Å². The standard InChI is InChI=1S/C27H24N4O3S/c1-18-8-12-21(13-9-18)31-25(23-6-4-5-7-24(23)33-3)29-30-27(31)35-17-20-16-34-26(28-20)19-10-14-22(32-2)15-11-19/h4-16H,17H2,1-3H3. The van der Waals surface area contributed by atoms with Crippen molar-refractivity contribution in [1.82, 2.24) is 19.7 Å². The van der Waals surface area contributed by atoms with Crippen molar-refractivity contribution in [1.29, 1.82) is 0 Å². The lowest BCUT2D eigenvalue weighted by molar-refractivity contribution is 0.415. The first kappa shape index (κ1) is 22.7. The van der Waals surface area contributed by atoms with E-state index in [1.807, 2.05) is 53.1 Å². The van der Waals surface area contributed by atoms with Gasteiger partial charge in [-0.15, -0.1) is 10.2 Å². The summed E-state index contributed by atoms with van der Waals surface area (Å²) in [5.41, 5.74) is 4.74. The molecule has 0 saturated heterocycles. The number of hydrogen-bond acceptors (Lipinski definition) is 7. The van der Waals surface area contributed by atoms with Crippen LogP contribution in [0.2, 0.25) is 0 Å². The van der Waals surface area contributed by atoms with Crippen LogP contribution in [0.4, 0.5) is 0 Å². The second-order valence-electron chi connectivity index (χ2n) is 7.84. The van der Waals surface area contributed by atoms with E-state index in [0.29, 0.717) is 17.5 Å². The number of aryl methyl sites for hydroxylation is 1. The van der Waals surface area contributed by atoms with Crippen molar-refractivity contribution in [2.75, 3.05) is 14.2 Å². The third-order valence-corrected chi connectivity index (χ3v) is 6.47. The highest BCUT2D eigenvalue weighted by molar-refractivity contribution is 7.98. The van der Waals surface area contributed by atoms with Crippen LogP contribution in [-0.4, -0.2) is 34.0 Å². The maximum atomic E-state index is 5.72. The lowest BCUT2D eigenvalue weighted by Crippen LogP contribution is -2.01. The molecule has 0 aliphatic carbocycles. The monoisotopic (exact) mass is 484 g/mol. The van der Waals surface area contributed by atoms with Gasteiger partial charge in [0.1, 0.15) is 17.8 Å². The molecule has 5 rings (SSSR count). The molecule has 7 nitrogen and oxygen atoms in total. The molecule has 2 heterocycles. The normalized spacial score (nSPS) is 10.9. The zero-order valence-electron chi connectivity index (χ0n) is 19.6. The Morgan fingerprint density at radius 3 is 2.40 bits per heavy atom. The summed E-state index contributed by atoms with van der Waals surface area (Å²) in [6.07, 6.45) is 1.68. The van der Waals surface area contributed by atoms with Gasteiger partial charge in [0, 0.05) is 17.0 Å². The zero-order valence-corrected chi connectivity index (χ0v) is 20.5. The highest BCUT2D eigenvalue weighted by Crippen LogP contribution is 2.34. The summed E-state index contributed by atoms with van der Waals surface area (Å²) in [7, 11) is 3.30. The van der Waals surface area contributed by atoms with E-state index < -0.39 is 0 Å². The first-order valence-corrected chi connectivity index (χ1v) is 12.0. The molecule has 0 bridgehead atoms. The molecule has 8 heteroatoms. The van der Waals surface area contributed by atoms with E-state index in [0.717, 1.165) is 39.2 Å². The molecule has 0 fully saturated rings. The lowest BCUT2D eigenvalue weighted by atomic mass is 10.1. The number of thioether (sulfide) groups is 1. The first-order valence-electron chi connectivity index (χ1n) is 11.0. The molecule has 0 unspecified atom stereocenters. The topological polar surface area (TPSA) is 75.2 Å². The van der Waals surface area contributed by atoms with Crippen LogP contribution in [0.15, 0.2) is 88.6 Å². The minimum atomic E-state index is 0.568. The van der Waals surface area contributed by atoms with Gasteiger partial charge in [-0.3, -0.25) is 4.57 Å². The number of methoxy groups -OCH3 is 2. The number of hydrogen-bond donors (Lipinski definition) is 0. The van der Waals surface area contributed by atoms with Crippen molar-refractivity contribution in [3.8, 4) is 40.0 Å². The number of ether oxygens (including phenoxy) is 2. The predicted molar refractivity (Wildman–Crippen MR) is 136 cm³/mol. The Labute approximate surface area is 207 Å². The highest BCUT2D eigenvalue weighted by atomic mass is 32.2. The van der Waals surface area contributed by atoms with Gasteiger partial charge >= 0.3 is 0 Å². The van der Waals surface area contributed by atoms with Crippen LogP contribution in [0.3, 0.4) is 0 Å². The summed E-state index contributed by atoms with van der Waals surface area (Å²) in [5.74, 6) is 3.39. The molecule has 5 aromatic rings. The summed E-state index contributed by atoms with van der Waals surface area (Å²) < 4.78 is 18.6. The molecule has 2 aromatic heterocycles. The van der Waals surface area contributed by atoms with E-state index in [4.69, 9.17) is 13.9 Å². The highest BCUT2D eigenvalue weighted by Gasteiger charge is 2.19. The summed E-state index contributed by atoms with van der Waals surface area (Å²) in [6.45, 7) is 2.07. The quantitative estimate of drug-likeness (QED) is 0.242. The Hall–Kier alpha value is -4.04. The van der Waals surface area contributed by atoms with Crippen molar-refractivity contribution in [3.63, 3.8) is 0 Å². The number of oxazole rings is 1. The zero-order chi connectivity index (χ0) is 24.2. The fraction of sp³-hybridized carbons (Fsp3) is 0.148. The van der Waals surface area contributed by atoms with Gasteiger partial charge in [0.15, 0.2) is 11.0 Å². The minimum absolute atomic E-state index is 0.568. The van der Waals surface area contributed by atoms with Gasteiger partial charge in [-0.05, 0) is 55.5 Å². The maximum absolute atomic E-state index is 5.72. The van der Waals surface area contributed by atoms with Crippen molar-refractivity contribution in [2.45, 2.75) is 17.8 Å². The fourth-order valence-corrected chi connectivity index (χ4v) is 4.50. The molecule has 0 N–H and O–H groups in total. The summed E-state index contributed by atoms with van der Waals surface area (Å²) in [4.78, 5) is 4.65. The molecule has 0 aliphatic heterocycles. The van der Waals surface area contributed by atoms with Crippen LogP contribution in [0.1, 0.15) is 11.3 Å². The molecule has 35 heavy (non-hydrogen) atoms. The first-order chi connectivity index (χ1) is 17.2. The third-order valence-electron chi connectivity index (χ3n) is 5.51. The van der Waals surface area contributed by atoms with Crippen molar-refractivity contribution in [3.05, 3.63) is 90.3 Å². The Bertz CT molecular complexity index is 1430. The van der Waals surface area contributed by atoms with Crippen LogP contribution in [0.25, 0.3) is 28.5 Å². The summed E-state index contributed by atoms with van der Waals surface area (Å²) in [5, 5.41) is 9.80. The van der Waals surface area contributed by atoms with Crippen LogP contribution in [0.5, 0.6) is 11.5 Å². The van der Waals surface area contributed by atoms with Gasteiger partial charge in [0.25, 0.3) is 0 Å². The lowest BCUT2D eigenvalue weighted by Gasteiger charge is -2.12. The number of benzene rings is 3. The van der Waals surface area contributed by atoms with E-state index in [-0.39, 0.29) is 0 Å². The molecule has 176 valence electrons. The van der Waals surface area contributed by atoms with Crippen LogP contribution >= 0.6 is 11.8 Å². The Morgan fingerprint density at radius 1 is 0.886 bits per heavy atom. The van der Waals surface area contributed by atoms with E-state index in [1.165, 1.54) is 5.56 Å². The molecule has 0 aliphatic rings. The molecular formula is C27H24N4O3S. The van der Waals surface area contributed by atoms with Crippen LogP contribution < -0.4 is 9.47 Å². The minimum Gasteiger partial charge on any atom is -0.497 e. The maximum Gasteiger partial charge on any atom is 0.226 e. The van der Waals surface area contributed by atoms with Gasteiger partial charge < -0.3 is 13.9 Å². The van der Waals surface area contributed by atoms with E-state index in [9.17, 15) is 0 Å². The van der Waals surface area contributed by atoms with Crippen LogP contribution in [0, 0.1) is 6.92 Å².